The highest BCUT2D eigenvalue weighted by Crippen LogP contribution is 2.10. The van der Waals surface area contributed by atoms with Crippen molar-refractivity contribution in [2.24, 2.45) is 5.92 Å². The minimum absolute atomic E-state index is 0.0543. The minimum Gasteiger partial charge on any atom is -0.299 e. The van der Waals surface area contributed by atoms with Gasteiger partial charge in [-0.05, 0) is 36.6 Å². The standard InChI is InChI=1S/C14H18N2OS/c1-11(7-9-18)6-8-16-10-15-13-5-3-2-4-12(13)14(16)17/h2-5,10-11,18H,6-9H2,1H3. The smallest absolute Gasteiger partial charge is 0.261 e. The predicted octanol–water partition coefficient (Wildman–Crippen LogP) is 2.74. The van der Waals surface area contributed by atoms with Gasteiger partial charge in [-0.2, -0.15) is 12.6 Å². The van der Waals surface area contributed by atoms with E-state index < -0.39 is 0 Å². The van der Waals surface area contributed by atoms with Crippen molar-refractivity contribution in [3.8, 4) is 0 Å². The van der Waals surface area contributed by atoms with Gasteiger partial charge >= 0.3 is 0 Å². The van der Waals surface area contributed by atoms with E-state index in [1.54, 1.807) is 10.9 Å². The molecule has 0 bridgehead atoms. The van der Waals surface area contributed by atoms with Crippen LogP contribution in [0.1, 0.15) is 19.8 Å². The van der Waals surface area contributed by atoms with Gasteiger partial charge in [-0.15, -0.1) is 0 Å². The molecule has 3 nitrogen and oxygen atoms in total. The third kappa shape index (κ3) is 2.93. The molecule has 0 saturated heterocycles. The fraction of sp³-hybridized carbons (Fsp3) is 0.429. The zero-order valence-corrected chi connectivity index (χ0v) is 11.4. The number of benzene rings is 1. The van der Waals surface area contributed by atoms with Crippen LogP contribution in [-0.4, -0.2) is 15.3 Å². The van der Waals surface area contributed by atoms with Gasteiger partial charge < -0.3 is 0 Å². The number of fused-ring (bicyclic) bond motifs is 1. The van der Waals surface area contributed by atoms with Gasteiger partial charge in [0, 0.05) is 6.54 Å². The van der Waals surface area contributed by atoms with E-state index in [-0.39, 0.29) is 5.56 Å². The number of hydrogen-bond acceptors (Lipinski definition) is 3. The molecule has 0 fully saturated rings. The maximum absolute atomic E-state index is 12.2. The summed E-state index contributed by atoms with van der Waals surface area (Å²) in [7, 11) is 0. The summed E-state index contributed by atoms with van der Waals surface area (Å²) in [6, 6.07) is 7.47. The van der Waals surface area contributed by atoms with Crippen molar-refractivity contribution in [1.82, 2.24) is 9.55 Å². The Morgan fingerprint density at radius 3 is 2.89 bits per heavy atom. The van der Waals surface area contributed by atoms with Gasteiger partial charge in [0.25, 0.3) is 5.56 Å². The van der Waals surface area contributed by atoms with Gasteiger partial charge in [0.15, 0.2) is 0 Å². The van der Waals surface area contributed by atoms with Crippen LogP contribution in [0, 0.1) is 5.92 Å². The maximum atomic E-state index is 12.2. The molecule has 0 aliphatic heterocycles. The predicted molar refractivity (Wildman–Crippen MR) is 78.3 cm³/mol. The molecule has 18 heavy (non-hydrogen) atoms. The highest BCUT2D eigenvalue weighted by Gasteiger charge is 2.05. The van der Waals surface area contributed by atoms with Gasteiger partial charge in [0.05, 0.1) is 17.2 Å². The van der Waals surface area contributed by atoms with Gasteiger partial charge in [-0.1, -0.05) is 19.1 Å². The second-order valence-corrected chi connectivity index (χ2v) is 5.11. The molecule has 1 unspecified atom stereocenters. The highest BCUT2D eigenvalue weighted by atomic mass is 32.1. The monoisotopic (exact) mass is 262 g/mol. The molecule has 0 N–H and O–H groups in total. The Hall–Kier alpha value is -1.29. The number of nitrogens with zero attached hydrogens (tertiary/aromatic N) is 2. The minimum atomic E-state index is 0.0543. The molecular weight excluding hydrogens is 244 g/mol. The molecule has 1 atom stereocenters. The van der Waals surface area contributed by atoms with Crippen LogP contribution in [-0.2, 0) is 6.54 Å². The molecule has 1 aromatic carbocycles. The van der Waals surface area contributed by atoms with Crippen LogP contribution in [0.2, 0.25) is 0 Å². The van der Waals surface area contributed by atoms with Crippen molar-refractivity contribution in [3.63, 3.8) is 0 Å². The normalized spacial score (nSPS) is 12.8. The van der Waals surface area contributed by atoms with E-state index in [9.17, 15) is 4.79 Å². The van der Waals surface area contributed by atoms with E-state index in [0.717, 1.165) is 30.7 Å². The first-order valence-electron chi connectivity index (χ1n) is 6.27. The van der Waals surface area contributed by atoms with E-state index in [4.69, 9.17) is 0 Å². The summed E-state index contributed by atoms with van der Waals surface area (Å²) in [6.07, 6.45) is 3.72. The Kier molecular flexibility index (Phi) is 4.42. The Morgan fingerprint density at radius 2 is 2.11 bits per heavy atom. The summed E-state index contributed by atoms with van der Waals surface area (Å²) in [5.74, 6) is 1.48. The van der Waals surface area contributed by atoms with Crippen LogP contribution < -0.4 is 5.56 Å². The summed E-state index contributed by atoms with van der Waals surface area (Å²) >= 11 is 4.23. The summed E-state index contributed by atoms with van der Waals surface area (Å²) in [5, 5.41) is 0.696. The van der Waals surface area contributed by atoms with E-state index in [0.29, 0.717) is 11.3 Å². The van der Waals surface area contributed by atoms with Crippen LogP contribution in [0.4, 0.5) is 0 Å². The Bertz CT molecular complexity index is 579. The lowest BCUT2D eigenvalue weighted by atomic mass is 10.1. The first kappa shape index (κ1) is 13.1. The van der Waals surface area contributed by atoms with Gasteiger partial charge in [-0.3, -0.25) is 9.36 Å². The third-order valence-corrected chi connectivity index (χ3v) is 3.47. The number of aryl methyl sites for hydroxylation is 1. The Labute approximate surface area is 112 Å². The molecule has 4 heteroatoms. The SMILES string of the molecule is CC(CCS)CCn1cnc2ccccc2c1=O. The summed E-state index contributed by atoms with van der Waals surface area (Å²) in [6.45, 7) is 2.92. The molecule has 0 radical (unpaired) electrons. The number of aromatic nitrogens is 2. The zero-order valence-electron chi connectivity index (χ0n) is 10.5. The largest absolute Gasteiger partial charge is 0.299 e. The Morgan fingerprint density at radius 1 is 1.33 bits per heavy atom. The van der Waals surface area contributed by atoms with Crippen molar-refractivity contribution in [2.75, 3.05) is 5.75 Å². The number of hydrogen-bond donors (Lipinski definition) is 1. The molecule has 1 aromatic heterocycles. The average Bonchev–Trinajstić information content (AvgIpc) is 2.39. The fourth-order valence-electron chi connectivity index (χ4n) is 1.99. The quantitative estimate of drug-likeness (QED) is 0.841. The highest BCUT2D eigenvalue weighted by molar-refractivity contribution is 7.80. The first-order chi connectivity index (χ1) is 8.72. The molecule has 1 heterocycles. The summed E-state index contributed by atoms with van der Waals surface area (Å²) in [5.41, 5.74) is 0.820. The summed E-state index contributed by atoms with van der Waals surface area (Å²) in [4.78, 5) is 16.5. The molecule has 96 valence electrons. The van der Waals surface area contributed by atoms with E-state index >= 15 is 0 Å². The van der Waals surface area contributed by atoms with Crippen molar-refractivity contribution in [3.05, 3.63) is 40.9 Å². The van der Waals surface area contributed by atoms with Gasteiger partial charge in [0.2, 0.25) is 0 Å². The average molecular weight is 262 g/mol. The lowest BCUT2D eigenvalue weighted by Crippen LogP contribution is -2.21. The first-order valence-corrected chi connectivity index (χ1v) is 6.90. The fourth-order valence-corrected chi connectivity index (χ4v) is 2.43. The second-order valence-electron chi connectivity index (χ2n) is 4.67. The van der Waals surface area contributed by atoms with Crippen LogP contribution in [0.5, 0.6) is 0 Å². The van der Waals surface area contributed by atoms with E-state index in [2.05, 4.69) is 24.5 Å². The number of thiol groups is 1. The topological polar surface area (TPSA) is 34.9 Å². The van der Waals surface area contributed by atoms with Gasteiger partial charge in [-0.25, -0.2) is 4.98 Å². The van der Waals surface area contributed by atoms with Gasteiger partial charge in [0.1, 0.15) is 0 Å². The van der Waals surface area contributed by atoms with E-state index in [1.807, 2.05) is 24.3 Å². The van der Waals surface area contributed by atoms with Crippen LogP contribution >= 0.6 is 12.6 Å². The number of rotatable bonds is 5. The Balaban J connectivity index is 2.19. The van der Waals surface area contributed by atoms with Crippen LogP contribution in [0.25, 0.3) is 10.9 Å². The molecule has 0 spiro atoms. The lowest BCUT2D eigenvalue weighted by molar-refractivity contribution is 0.465. The van der Waals surface area contributed by atoms with Crippen molar-refractivity contribution in [2.45, 2.75) is 26.3 Å². The molecular formula is C14H18N2OS. The molecule has 0 saturated carbocycles. The summed E-state index contributed by atoms with van der Waals surface area (Å²) < 4.78 is 1.71. The lowest BCUT2D eigenvalue weighted by Gasteiger charge is -2.11. The van der Waals surface area contributed by atoms with Crippen LogP contribution in [0.3, 0.4) is 0 Å². The molecule has 0 aliphatic carbocycles. The molecule has 0 aliphatic rings. The molecule has 0 amide bonds. The van der Waals surface area contributed by atoms with Crippen molar-refractivity contribution >= 4 is 23.5 Å². The molecule has 2 rings (SSSR count). The second kappa shape index (κ2) is 6.05. The number of para-hydroxylation sites is 1. The molecule has 2 aromatic rings. The van der Waals surface area contributed by atoms with Crippen molar-refractivity contribution in [1.29, 1.82) is 0 Å². The third-order valence-electron chi connectivity index (χ3n) is 3.22. The zero-order chi connectivity index (χ0) is 13.0. The maximum Gasteiger partial charge on any atom is 0.261 e. The van der Waals surface area contributed by atoms with E-state index in [1.165, 1.54) is 0 Å². The van der Waals surface area contributed by atoms with Crippen molar-refractivity contribution < 1.29 is 0 Å². The van der Waals surface area contributed by atoms with Crippen LogP contribution in [0.15, 0.2) is 35.4 Å².